The van der Waals surface area contributed by atoms with Gasteiger partial charge in [0.05, 0.1) is 13.1 Å². The molecule has 0 aliphatic heterocycles. The summed E-state index contributed by atoms with van der Waals surface area (Å²) in [6.45, 7) is 6.36. The molecular weight excluding hydrogens is 248 g/mol. The van der Waals surface area contributed by atoms with Crippen LogP contribution in [0.2, 0.25) is 0 Å². The highest BCUT2D eigenvalue weighted by atomic mass is 32.1. The lowest BCUT2D eigenvalue weighted by atomic mass is 9.99. The second-order valence-electron chi connectivity index (χ2n) is 5.07. The van der Waals surface area contributed by atoms with Gasteiger partial charge in [-0.1, -0.05) is 0 Å². The van der Waals surface area contributed by atoms with Crippen molar-refractivity contribution in [2.24, 2.45) is 0 Å². The largest absolute Gasteiger partial charge is 0.384 e. The summed E-state index contributed by atoms with van der Waals surface area (Å²) in [7, 11) is 1.90. The number of hydrogen-bond acceptors (Lipinski definition) is 4. The van der Waals surface area contributed by atoms with Crippen LogP contribution in [0.15, 0.2) is 16.8 Å². The lowest BCUT2D eigenvalue weighted by molar-refractivity contribution is -0.123. The first-order chi connectivity index (χ1) is 8.33. The molecule has 1 aromatic heterocycles. The Bertz CT molecular complexity index is 374. The summed E-state index contributed by atoms with van der Waals surface area (Å²) in [6.07, 6.45) is 0. The van der Waals surface area contributed by atoms with E-state index in [1.807, 2.05) is 42.6 Å². The standard InChI is InChI=1S/C13H22N2O2S/c1-10(2)15(4)7-12(16)14-9-13(3,17)11-5-6-18-8-11/h5-6,8,10,17H,7,9H2,1-4H3,(H,14,16). The Morgan fingerprint density at radius 2 is 2.28 bits per heavy atom. The fourth-order valence-corrected chi connectivity index (χ4v) is 2.19. The second-order valence-corrected chi connectivity index (χ2v) is 5.85. The van der Waals surface area contributed by atoms with Crippen molar-refractivity contribution in [3.05, 3.63) is 22.4 Å². The molecule has 0 saturated heterocycles. The Morgan fingerprint density at radius 3 is 2.78 bits per heavy atom. The van der Waals surface area contributed by atoms with E-state index < -0.39 is 5.60 Å². The molecule has 2 N–H and O–H groups in total. The maximum absolute atomic E-state index is 11.7. The first-order valence-electron chi connectivity index (χ1n) is 6.05. The van der Waals surface area contributed by atoms with Crippen molar-refractivity contribution >= 4 is 17.2 Å². The number of rotatable bonds is 6. The quantitative estimate of drug-likeness (QED) is 0.822. The Labute approximate surface area is 113 Å². The number of likely N-dealkylation sites (N-methyl/N-ethyl adjacent to an activating group) is 1. The van der Waals surface area contributed by atoms with Gasteiger partial charge in [0, 0.05) is 6.04 Å². The third-order valence-electron chi connectivity index (χ3n) is 3.05. The number of thiophene rings is 1. The number of nitrogens with one attached hydrogen (secondary N) is 1. The van der Waals surface area contributed by atoms with Crippen LogP contribution in [-0.2, 0) is 10.4 Å². The van der Waals surface area contributed by atoms with Crippen molar-refractivity contribution in [2.75, 3.05) is 20.1 Å². The first-order valence-corrected chi connectivity index (χ1v) is 6.99. The highest BCUT2D eigenvalue weighted by Crippen LogP contribution is 2.21. The van der Waals surface area contributed by atoms with Crippen LogP contribution >= 0.6 is 11.3 Å². The molecule has 0 aromatic carbocycles. The number of amides is 1. The number of carbonyl (C=O) groups is 1. The topological polar surface area (TPSA) is 52.6 Å². The van der Waals surface area contributed by atoms with E-state index >= 15 is 0 Å². The molecule has 5 heteroatoms. The van der Waals surface area contributed by atoms with E-state index in [-0.39, 0.29) is 12.5 Å². The van der Waals surface area contributed by atoms with Gasteiger partial charge in [-0.2, -0.15) is 11.3 Å². The summed E-state index contributed by atoms with van der Waals surface area (Å²) in [5.74, 6) is -0.0679. The number of carbonyl (C=O) groups excluding carboxylic acids is 1. The van der Waals surface area contributed by atoms with Crippen LogP contribution in [0.4, 0.5) is 0 Å². The lowest BCUT2D eigenvalue weighted by Crippen LogP contribution is -2.43. The van der Waals surface area contributed by atoms with Gasteiger partial charge >= 0.3 is 0 Å². The molecule has 0 aliphatic rings. The maximum atomic E-state index is 11.7. The smallest absolute Gasteiger partial charge is 0.234 e. The number of nitrogens with zero attached hydrogens (tertiary/aromatic N) is 1. The normalized spacial score (nSPS) is 14.8. The van der Waals surface area contributed by atoms with Crippen molar-refractivity contribution in [2.45, 2.75) is 32.4 Å². The SMILES string of the molecule is CC(C)N(C)CC(=O)NCC(C)(O)c1ccsc1. The molecular formula is C13H22N2O2S. The van der Waals surface area contributed by atoms with Gasteiger partial charge < -0.3 is 10.4 Å². The fourth-order valence-electron chi connectivity index (χ4n) is 1.41. The average Bonchev–Trinajstić information content (AvgIpc) is 2.80. The van der Waals surface area contributed by atoms with Crippen LogP contribution in [0, 0.1) is 0 Å². The van der Waals surface area contributed by atoms with Gasteiger partial charge in [0.1, 0.15) is 5.60 Å². The summed E-state index contributed by atoms with van der Waals surface area (Å²) in [5.41, 5.74) is -0.170. The van der Waals surface area contributed by atoms with Crippen LogP contribution in [0.25, 0.3) is 0 Å². The minimum Gasteiger partial charge on any atom is -0.384 e. The zero-order valence-corrected chi connectivity index (χ0v) is 12.3. The van der Waals surface area contributed by atoms with Crippen molar-refractivity contribution in [1.29, 1.82) is 0 Å². The zero-order chi connectivity index (χ0) is 13.8. The van der Waals surface area contributed by atoms with Gasteiger partial charge in [-0.25, -0.2) is 0 Å². The second kappa shape index (κ2) is 6.31. The molecule has 0 radical (unpaired) electrons. The molecule has 18 heavy (non-hydrogen) atoms. The van der Waals surface area contributed by atoms with E-state index in [4.69, 9.17) is 0 Å². The van der Waals surface area contributed by atoms with Crippen LogP contribution < -0.4 is 5.32 Å². The molecule has 1 amide bonds. The molecule has 0 bridgehead atoms. The monoisotopic (exact) mass is 270 g/mol. The van der Waals surface area contributed by atoms with E-state index in [0.29, 0.717) is 12.6 Å². The molecule has 0 aliphatic carbocycles. The number of hydrogen-bond donors (Lipinski definition) is 2. The Kier molecular flexibility index (Phi) is 5.31. The summed E-state index contributed by atoms with van der Waals surface area (Å²) in [6, 6.07) is 2.20. The van der Waals surface area contributed by atoms with Gasteiger partial charge in [0.25, 0.3) is 0 Å². The van der Waals surface area contributed by atoms with E-state index in [0.717, 1.165) is 5.56 Å². The predicted molar refractivity (Wildman–Crippen MR) is 74.7 cm³/mol. The summed E-state index contributed by atoms with van der Waals surface area (Å²) in [4.78, 5) is 13.7. The Balaban J connectivity index is 2.43. The molecule has 1 rings (SSSR count). The van der Waals surface area contributed by atoms with E-state index in [1.54, 1.807) is 6.92 Å². The third-order valence-corrected chi connectivity index (χ3v) is 3.73. The molecule has 1 unspecified atom stereocenters. The Hall–Kier alpha value is -0.910. The molecule has 102 valence electrons. The summed E-state index contributed by atoms with van der Waals surface area (Å²) < 4.78 is 0. The number of aliphatic hydroxyl groups is 1. The van der Waals surface area contributed by atoms with Crippen LogP contribution in [0.1, 0.15) is 26.3 Å². The summed E-state index contributed by atoms with van der Waals surface area (Å²) in [5, 5.41) is 16.8. The minimum atomic E-state index is -1.01. The molecule has 0 saturated carbocycles. The molecule has 0 fully saturated rings. The molecule has 1 heterocycles. The van der Waals surface area contributed by atoms with E-state index in [9.17, 15) is 9.90 Å². The van der Waals surface area contributed by atoms with Crippen molar-refractivity contribution in [3.63, 3.8) is 0 Å². The van der Waals surface area contributed by atoms with E-state index in [2.05, 4.69) is 5.32 Å². The van der Waals surface area contributed by atoms with E-state index in [1.165, 1.54) is 11.3 Å². The highest BCUT2D eigenvalue weighted by molar-refractivity contribution is 7.08. The van der Waals surface area contributed by atoms with Gasteiger partial charge in [0.15, 0.2) is 0 Å². The minimum absolute atomic E-state index is 0.0679. The fraction of sp³-hybridized carbons (Fsp3) is 0.615. The van der Waals surface area contributed by atoms with Gasteiger partial charge in [-0.15, -0.1) is 0 Å². The summed E-state index contributed by atoms with van der Waals surface area (Å²) >= 11 is 1.53. The van der Waals surface area contributed by atoms with Crippen molar-refractivity contribution in [3.8, 4) is 0 Å². The first kappa shape index (κ1) is 15.1. The highest BCUT2D eigenvalue weighted by Gasteiger charge is 2.24. The lowest BCUT2D eigenvalue weighted by Gasteiger charge is -2.25. The van der Waals surface area contributed by atoms with Gasteiger partial charge in [-0.3, -0.25) is 9.69 Å². The van der Waals surface area contributed by atoms with Gasteiger partial charge in [-0.05, 0) is 50.2 Å². The van der Waals surface area contributed by atoms with Crippen LogP contribution in [-0.4, -0.2) is 42.1 Å². The Morgan fingerprint density at radius 1 is 1.61 bits per heavy atom. The predicted octanol–water partition coefficient (Wildman–Crippen LogP) is 1.41. The van der Waals surface area contributed by atoms with Crippen LogP contribution in [0.3, 0.4) is 0 Å². The molecule has 4 nitrogen and oxygen atoms in total. The molecule has 0 spiro atoms. The average molecular weight is 270 g/mol. The van der Waals surface area contributed by atoms with Crippen molar-refractivity contribution in [1.82, 2.24) is 10.2 Å². The van der Waals surface area contributed by atoms with Crippen molar-refractivity contribution < 1.29 is 9.90 Å². The molecule has 1 aromatic rings. The molecule has 1 atom stereocenters. The zero-order valence-electron chi connectivity index (χ0n) is 11.4. The van der Waals surface area contributed by atoms with Gasteiger partial charge in [0.2, 0.25) is 5.91 Å². The third kappa shape index (κ3) is 4.40. The van der Waals surface area contributed by atoms with Crippen LogP contribution in [0.5, 0.6) is 0 Å². The maximum Gasteiger partial charge on any atom is 0.234 e.